The highest BCUT2D eigenvalue weighted by molar-refractivity contribution is 5.88. The van der Waals surface area contributed by atoms with Crippen molar-refractivity contribution in [1.82, 2.24) is 10.2 Å². The molecule has 0 aliphatic rings. The van der Waals surface area contributed by atoms with Gasteiger partial charge in [0.05, 0.1) is 0 Å². The van der Waals surface area contributed by atoms with Crippen LogP contribution in [-0.4, -0.2) is 35.8 Å². The Labute approximate surface area is 204 Å². The normalized spacial score (nSPS) is 11.7. The van der Waals surface area contributed by atoms with E-state index in [2.05, 4.69) is 41.7 Å². The van der Waals surface area contributed by atoms with Crippen LogP contribution in [0.15, 0.2) is 91.0 Å². The van der Waals surface area contributed by atoms with Gasteiger partial charge in [-0.05, 0) is 36.0 Å². The summed E-state index contributed by atoms with van der Waals surface area (Å²) in [6.45, 7) is 5.14. The van der Waals surface area contributed by atoms with Crippen molar-refractivity contribution in [1.29, 1.82) is 0 Å². The number of nitrogens with one attached hydrogen (secondary N) is 1. The van der Waals surface area contributed by atoms with Gasteiger partial charge in [-0.25, -0.2) is 0 Å². The molecular formula is C30H36N2O2. The predicted octanol–water partition coefficient (Wildman–Crippen LogP) is 5.58. The van der Waals surface area contributed by atoms with Crippen LogP contribution in [0.4, 0.5) is 0 Å². The lowest BCUT2D eigenvalue weighted by Crippen LogP contribution is -2.50. The van der Waals surface area contributed by atoms with Gasteiger partial charge < -0.3 is 10.2 Å². The molecule has 0 heterocycles. The van der Waals surface area contributed by atoms with Crippen molar-refractivity contribution in [3.05, 3.63) is 108 Å². The minimum atomic E-state index is -0.477. The fourth-order valence-corrected chi connectivity index (χ4v) is 4.35. The van der Waals surface area contributed by atoms with Crippen LogP contribution in [-0.2, 0) is 16.0 Å². The Morgan fingerprint density at radius 2 is 1.32 bits per heavy atom. The van der Waals surface area contributed by atoms with Crippen LogP contribution < -0.4 is 5.32 Å². The molecule has 0 radical (unpaired) electrons. The van der Waals surface area contributed by atoms with Crippen molar-refractivity contribution in [2.45, 2.75) is 51.5 Å². The van der Waals surface area contributed by atoms with Gasteiger partial charge in [0, 0.05) is 25.4 Å². The van der Waals surface area contributed by atoms with E-state index in [0.29, 0.717) is 32.4 Å². The van der Waals surface area contributed by atoms with Crippen molar-refractivity contribution in [2.24, 2.45) is 0 Å². The third-order valence-electron chi connectivity index (χ3n) is 6.20. The lowest BCUT2D eigenvalue weighted by Gasteiger charge is -2.32. The summed E-state index contributed by atoms with van der Waals surface area (Å²) in [5.41, 5.74) is 3.37. The molecule has 0 fully saturated rings. The monoisotopic (exact) mass is 456 g/mol. The number of rotatable bonds is 12. The number of hydrogen-bond donors (Lipinski definition) is 1. The van der Waals surface area contributed by atoms with E-state index in [1.54, 1.807) is 4.90 Å². The molecule has 0 saturated heterocycles. The van der Waals surface area contributed by atoms with Gasteiger partial charge in [0.15, 0.2) is 0 Å². The smallest absolute Gasteiger partial charge is 0.242 e. The van der Waals surface area contributed by atoms with Crippen LogP contribution in [0.2, 0.25) is 0 Å². The first kappa shape index (κ1) is 25.2. The van der Waals surface area contributed by atoms with Crippen molar-refractivity contribution in [3.63, 3.8) is 0 Å². The van der Waals surface area contributed by atoms with Crippen molar-refractivity contribution < 1.29 is 9.59 Å². The standard InChI is InChI=1S/C30H36N2O2/c1-3-21-31-30(34)28(4-2)32(22-20-24-14-8-5-9-15-24)29(33)23-27(25-16-10-6-11-17-25)26-18-12-7-13-19-26/h5-19,27-28H,3-4,20-23H2,1-2H3,(H,31,34)/t28-/m0/s1. The van der Waals surface area contributed by atoms with Gasteiger partial charge in [-0.1, -0.05) is 105 Å². The Morgan fingerprint density at radius 1 is 0.794 bits per heavy atom. The Balaban J connectivity index is 1.87. The Morgan fingerprint density at radius 3 is 1.82 bits per heavy atom. The van der Waals surface area contributed by atoms with Crippen LogP contribution in [0.5, 0.6) is 0 Å². The first-order valence-electron chi connectivity index (χ1n) is 12.3. The van der Waals surface area contributed by atoms with Crippen LogP contribution in [0, 0.1) is 0 Å². The lowest BCUT2D eigenvalue weighted by atomic mass is 9.88. The minimum absolute atomic E-state index is 0.00661. The summed E-state index contributed by atoms with van der Waals surface area (Å²) in [4.78, 5) is 28.7. The first-order valence-corrected chi connectivity index (χ1v) is 12.3. The molecule has 0 aliphatic heterocycles. The zero-order valence-corrected chi connectivity index (χ0v) is 20.3. The van der Waals surface area contributed by atoms with Crippen molar-refractivity contribution in [3.8, 4) is 0 Å². The molecule has 0 unspecified atom stereocenters. The SMILES string of the molecule is CCCNC(=O)[C@H](CC)N(CCc1ccccc1)C(=O)CC(c1ccccc1)c1ccccc1. The van der Waals surface area contributed by atoms with Gasteiger partial charge in [0.2, 0.25) is 11.8 Å². The summed E-state index contributed by atoms with van der Waals surface area (Å²) in [5, 5.41) is 3.00. The van der Waals surface area contributed by atoms with Crippen molar-refractivity contribution >= 4 is 11.8 Å². The molecule has 0 aromatic heterocycles. The average molecular weight is 457 g/mol. The number of nitrogens with zero attached hydrogens (tertiary/aromatic N) is 1. The maximum absolute atomic E-state index is 13.8. The molecule has 1 atom stereocenters. The summed E-state index contributed by atoms with van der Waals surface area (Å²) in [5.74, 6) is -0.126. The summed E-state index contributed by atoms with van der Waals surface area (Å²) in [7, 11) is 0. The molecule has 3 aromatic rings. The van der Waals surface area contributed by atoms with E-state index < -0.39 is 6.04 Å². The maximum atomic E-state index is 13.8. The average Bonchev–Trinajstić information content (AvgIpc) is 2.89. The van der Waals surface area contributed by atoms with Gasteiger partial charge >= 0.3 is 0 Å². The van der Waals surface area contributed by atoms with E-state index in [1.165, 1.54) is 0 Å². The van der Waals surface area contributed by atoms with Gasteiger partial charge in [-0.3, -0.25) is 9.59 Å². The molecule has 178 valence electrons. The highest BCUT2D eigenvalue weighted by atomic mass is 16.2. The van der Waals surface area contributed by atoms with E-state index in [1.807, 2.05) is 68.4 Å². The molecule has 0 saturated carbocycles. The molecule has 3 aromatic carbocycles. The van der Waals surface area contributed by atoms with Crippen LogP contribution >= 0.6 is 0 Å². The van der Waals surface area contributed by atoms with Crippen LogP contribution in [0.25, 0.3) is 0 Å². The molecular weight excluding hydrogens is 420 g/mol. The summed E-state index contributed by atoms with van der Waals surface area (Å²) >= 11 is 0. The van der Waals surface area contributed by atoms with E-state index >= 15 is 0 Å². The Bertz CT molecular complexity index is 966. The second kappa shape index (κ2) is 13.3. The van der Waals surface area contributed by atoms with E-state index in [0.717, 1.165) is 23.1 Å². The highest BCUT2D eigenvalue weighted by Crippen LogP contribution is 2.29. The summed E-state index contributed by atoms with van der Waals surface area (Å²) in [6, 6.07) is 30.0. The van der Waals surface area contributed by atoms with E-state index in [9.17, 15) is 9.59 Å². The van der Waals surface area contributed by atoms with Crippen LogP contribution in [0.3, 0.4) is 0 Å². The number of benzene rings is 3. The molecule has 0 aliphatic carbocycles. The van der Waals surface area contributed by atoms with Gasteiger partial charge in [-0.15, -0.1) is 0 Å². The van der Waals surface area contributed by atoms with Crippen molar-refractivity contribution in [2.75, 3.05) is 13.1 Å². The molecule has 0 spiro atoms. The largest absolute Gasteiger partial charge is 0.354 e. The first-order chi connectivity index (χ1) is 16.6. The number of amides is 2. The van der Waals surface area contributed by atoms with Gasteiger partial charge in [-0.2, -0.15) is 0 Å². The third kappa shape index (κ3) is 7.05. The zero-order chi connectivity index (χ0) is 24.2. The van der Waals surface area contributed by atoms with Gasteiger partial charge in [0.1, 0.15) is 6.04 Å². The molecule has 3 rings (SSSR count). The highest BCUT2D eigenvalue weighted by Gasteiger charge is 2.30. The molecule has 2 amide bonds. The van der Waals surface area contributed by atoms with Gasteiger partial charge in [0.25, 0.3) is 0 Å². The van der Waals surface area contributed by atoms with E-state index in [-0.39, 0.29) is 17.7 Å². The predicted molar refractivity (Wildman–Crippen MR) is 139 cm³/mol. The molecule has 4 heteroatoms. The summed E-state index contributed by atoms with van der Waals surface area (Å²) in [6.07, 6.45) is 2.48. The maximum Gasteiger partial charge on any atom is 0.242 e. The molecule has 1 N–H and O–H groups in total. The molecule has 4 nitrogen and oxygen atoms in total. The fraction of sp³-hybridized carbons (Fsp3) is 0.333. The van der Waals surface area contributed by atoms with E-state index in [4.69, 9.17) is 0 Å². The minimum Gasteiger partial charge on any atom is -0.354 e. The topological polar surface area (TPSA) is 49.4 Å². The lowest BCUT2D eigenvalue weighted by molar-refractivity contribution is -0.140. The van der Waals surface area contributed by atoms with Crippen LogP contribution in [0.1, 0.15) is 55.7 Å². The number of hydrogen-bond acceptors (Lipinski definition) is 2. The third-order valence-corrected chi connectivity index (χ3v) is 6.20. The summed E-state index contributed by atoms with van der Waals surface area (Å²) < 4.78 is 0. The Hall–Kier alpha value is -3.40. The molecule has 0 bridgehead atoms. The number of carbonyl (C=O) groups is 2. The quantitative estimate of drug-likeness (QED) is 0.386. The fourth-order valence-electron chi connectivity index (χ4n) is 4.35. The second-order valence-electron chi connectivity index (χ2n) is 8.62. The molecule has 34 heavy (non-hydrogen) atoms. The zero-order valence-electron chi connectivity index (χ0n) is 20.3. The Kier molecular flexibility index (Phi) is 9.90. The second-order valence-corrected chi connectivity index (χ2v) is 8.62. The number of carbonyl (C=O) groups excluding carboxylic acids is 2.